The van der Waals surface area contributed by atoms with Gasteiger partial charge in [0.1, 0.15) is 6.54 Å². The van der Waals surface area contributed by atoms with E-state index in [2.05, 4.69) is 6.92 Å². The van der Waals surface area contributed by atoms with Crippen molar-refractivity contribution in [2.45, 2.75) is 40.0 Å². The molecular formula is C14H26N2O3. The summed E-state index contributed by atoms with van der Waals surface area (Å²) in [4.78, 5) is 26.5. The van der Waals surface area contributed by atoms with Crippen molar-refractivity contribution in [1.82, 2.24) is 9.80 Å². The van der Waals surface area contributed by atoms with E-state index in [4.69, 9.17) is 5.11 Å². The van der Waals surface area contributed by atoms with Crippen LogP contribution in [-0.2, 0) is 4.79 Å². The molecule has 0 radical (unpaired) electrons. The molecule has 2 amide bonds. The van der Waals surface area contributed by atoms with Gasteiger partial charge in [0.15, 0.2) is 0 Å². The van der Waals surface area contributed by atoms with Gasteiger partial charge in [-0.05, 0) is 24.7 Å². The van der Waals surface area contributed by atoms with E-state index in [-0.39, 0.29) is 18.5 Å². The normalized spacial score (nSPS) is 18.9. The molecule has 0 aromatic heterocycles. The number of hydrogen-bond acceptors (Lipinski definition) is 2. The Bertz CT molecular complexity index is 318. The highest BCUT2D eigenvalue weighted by Gasteiger charge is 2.29. The molecule has 1 N–H and O–H groups in total. The summed E-state index contributed by atoms with van der Waals surface area (Å²) >= 11 is 0. The molecule has 1 unspecified atom stereocenters. The van der Waals surface area contributed by atoms with Crippen LogP contribution in [-0.4, -0.2) is 53.1 Å². The number of carboxylic acid groups (broad SMARTS) is 1. The van der Waals surface area contributed by atoms with Gasteiger partial charge in [0.05, 0.1) is 0 Å². The molecule has 0 spiro atoms. The number of carbonyl (C=O) groups is 2. The zero-order valence-corrected chi connectivity index (χ0v) is 12.3. The van der Waals surface area contributed by atoms with Gasteiger partial charge in [-0.15, -0.1) is 0 Å². The Hall–Kier alpha value is -1.26. The molecule has 5 heteroatoms. The molecule has 1 saturated heterocycles. The molecule has 0 aromatic carbocycles. The van der Waals surface area contributed by atoms with Crippen LogP contribution in [0.5, 0.6) is 0 Å². The van der Waals surface area contributed by atoms with Gasteiger partial charge in [0.25, 0.3) is 0 Å². The minimum Gasteiger partial charge on any atom is -0.480 e. The van der Waals surface area contributed by atoms with Gasteiger partial charge in [0, 0.05) is 19.6 Å². The monoisotopic (exact) mass is 270 g/mol. The maximum Gasteiger partial charge on any atom is 0.323 e. The van der Waals surface area contributed by atoms with Crippen LogP contribution in [0.15, 0.2) is 0 Å². The summed E-state index contributed by atoms with van der Waals surface area (Å²) in [6.07, 6.45) is 3.33. The van der Waals surface area contributed by atoms with Crippen LogP contribution >= 0.6 is 0 Å². The molecule has 0 bridgehead atoms. The van der Waals surface area contributed by atoms with Crippen molar-refractivity contribution in [2.75, 3.05) is 26.2 Å². The lowest BCUT2D eigenvalue weighted by atomic mass is 10.0. The quantitative estimate of drug-likeness (QED) is 0.805. The molecule has 1 fully saturated rings. The van der Waals surface area contributed by atoms with Crippen molar-refractivity contribution in [1.29, 1.82) is 0 Å². The molecule has 19 heavy (non-hydrogen) atoms. The summed E-state index contributed by atoms with van der Waals surface area (Å²) in [7, 11) is 0. The minimum atomic E-state index is -0.946. The van der Waals surface area contributed by atoms with E-state index in [1.165, 1.54) is 4.90 Å². The summed E-state index contributed by atoms with van der Waals surface area (Å²) in [5.41, 5.74) is 0. The minimum absolute atomic E-state index is 0.116. The Balaban J connectivity index is 2.58. The van der Waals surface area contributed by atoms with Gasteiger partial charge in [-0.1, -0.05) is 27.2 Å². The second-order valence-electron chi connectivity index (χ2n) is 5.84. The van der Waals surface area contributed by atoms with Gasteiger partial charge in [-0.2, -0.15) is 0 Å². The molecular weight excluding hydrogens is 244 g/mol. The fourth-order valence-electron chi connectivity index (χ4n) is 2.66. The first kappa shape index (κ1) is 15.8. The highest BCUT2D eigenvalue weighted by Crippen LogP contribution is 2.22. The fourth-order valence-corrected chi connectivity index (χ4v) is 2.66. The smallest absolute Gasteiger partial charge is 0.323 e. The summed E-state index contributed by atoms with van der Waals surface area (Å²) < 4.78 is 0. The number of carboxylic acids is 1. The van der Waals surface area contributed by atoms with Crippen LogP contribution in [0.1, 0.15) is 40.0 Å². The second kappa shape index (κ2) is 7.36. The molecule has 1 atom stereocenters. The third-order valence-corrected chi connectivity index (χ3v) is 3.44. The Morgan fingerprint density at radius 3 is 2.63 bits per heavy atom. The summed E-state index contributed by atoms with van der Waals surface area (Å²) in [6, 6.07) is -0.116. The molecule has 1 heterocycles. The Morgan fingerprint density at radius 1 is 1.42 bits per heavy atom. The number of rotatable bonds is 6. The maximum absolute atomic E-state index is 12.4. The number of aliphatic carboxylic acids is 1. The molecule has 0 saturated carbocycles. The zero-order valence-electron chi connectivity index (χ0n) is 12.3. The Labute approximate surface area is 115 Å². The van der Waals surface area contributed by atoms with Crippen molar-refractivity contribution < 1.29 is 14.7 Å². The predicted octanol–water partition coefficient (Wildman–Crippen LogP) is 2.27. The van der Waals surface area contributed by atoms with E-state index in [0.29, 0.717) is 12.5 Å². The van der Waals surface area contributed by atoms with Crippen LogP contribution in [0.4, 0.5) is 4.79 Å². The van der Waals surface area contributed by atoms with E-state index in [1.807, 2.05) is 18.7 Å². The highest BCUT2D eigenvalue weighted by atomic mass is 16.4. The third kappa shape index (κ3) is 5.09. The van der Waals surface area contributed by atoms with Crippen molar-refractivity contribution >= 4 is 12.0 Å². The SMILES string of the molecule is CCCC1CCN(C(=O)N(CC(=O)O)CC(C)C)C1. The van der Waals surface area contributed by atoms with Gasteiger partial charge in [-0.3, -0.25) is 4.79 Å². The predicted molar refractivity (Wildman–Crippen MR) is 74.0 cm³/mol. The zero-order chi connectivity index (χ0) is 14.4. The first-order chi connectivity index (χ1) is 8.93. The van der Waals surface area contributed by atoms with E-state index in [9.17, 15) is 9.59 Å². The summed E-state index contributed by atoms with van der Waals surface area (Å²) in [5.74, 6) is -0.0877. The molecule has 0 aliphatic carbocycles. The molecule has 110 valence electrons. The average Bonchev–Trinajstić information content (AvgIpc) is 2.75. The lowest BCUT2D eigenvalue weighted by molar-refractivity contribution is -0.137. The number of urea groups is 1. The second-order valence-corrected chi connectivity index (χ2v) is 5.84. The van der Waals surface area contributed by atoms with Crippen LogP contribution in [0, 0.1) is 11.8 Å². The average molecular weight is 270 g/mol. The first-order valence-corrected chi connectivity index (χ1v) is 7.19. The van der Waals surface area contributed by atoms with Gasteiger partial charge in [-0.25, -0.2) is 4.79 Å². The van der Waals surface area contributed by atoms with E-state index >= 15 is 0 Å². The fraction of sp³-hybridized carbons (Fsp3) is 0.857. The highest BCUT2D eigenvalue weighted by molar-refractivity contribution is 5.80. The largest absolute Gasteiger partial charge is 0.480 e. The lowest BCUT2D eigenvalue weighted by Crippen LogP contribution is -2.46. The van der Waals surface area contributed by atoms with Gasteiger partial charge in [0.2, 0.25) is 0 Å². The van der Waals surface area contributed by atoms with Gasteiger partial charge >= 0.3 is 12.0 Å². The number of amides is 2. The first-order valence-electron chi connectivity index (χ1n) is 7.19. The lowest BCUT2D eigenvalue weighted by Gasteiger charge is -2.28. The number of carbonyl (C=O) groups excluding carboxylic acids is 1. The van der Waals surface area contributed by atoms with Crippen molar-refractivity contribution in [2.24, 2.45) is 11.8 Å². The molecule has 1 aliphatic heterocycles. The van der Waals surface area contributed by atoms with Crippen LogP contribution in [0.25, 0.3) is 0 Å². The molecule has 1 aliphatic rings. The van der Waals surface area contributed by atoms with Crippen molar-refractivity contribution in [3.05, 3.63) is 0 Å². The topological polar surface area (TPSA) is 60.9 Å². The molecule has 1 rings (SSSR count). The third-order valence-electron chi connectivity index (χ3n) is 3.44. The number of likely N-dealkylation sites (tertiary alicyclic amines) is 1. The molecule has 0 aromatic rings. The van der Waals surface area contributed by atoms with Crippen LogP contribution < -0.4 is 0 Å². The molecule has 5 nitrogen and oxygen atoms in total. The maximum atomic E-state index is 12.4. The number of nitrogens with zero attached hydrogens (tertiary/aromatic N) is 2. The van der Waals surface area contributed by atoms with Crippen molar-refractivity contribution in [3.63, 3.8) is 0 Å². The summed E-state index contributed by atoms with van der Waals surface area (Å²) in [6.45, 7) is 7.97. The van der Waals surface area contributed by atoms with Crippen LogP contribution in [0.3, 0.4) is 0 Å². The van der Waals surface area contributed by atoms with E-state index in [0.717, 1.165) is 32.4 Å². The Morgan fingerprint density at radius 2 is 2.11 bits per heavy atom. The standard InChI is InChI=1S/C14H26N2O3/c1-4-5-12-6-7-15(9-12)14(19)16(8-11(2)3)10-13(17)18/h11-12H,4-10H2,1-3H3,(H,17,18). The van der Waals surface area contributed by atoms with E-state index < -0.39 is 5.97 Å². The van der Waals surface area contributed by atoms with E-state index in [1.54, 1.807) is 0 Å². The summed E-state index contributed by atoms with van der Waals surface area (Å²) in [5, 5.41) is 8.91. The van der Waals surface area contributed by atoms with Crippen molar-refractivity contribution in [3.8, 4) is 0 Å². The van der Waals surface area contributed by atoms with Gasteiger partial charge < -0.3 is 14.9 Å². The Kier molecular flexibility index (Phi) is 6.12. The number of hydrogen-bond donors (Lipinski definition) is 1. The van der Waals surface area contributed by atoms with Crippen LogP contribution in [0.2, 0.25) is 0 Å².